The third-order valence-corrected chi connectivity index (χ3v) is 5.96. The molecular weight excluding hydrogens is 244 g/mol. The van der Waals surface area contributed by atoms with Gasteiger partial charge in [-0.25, -0.2) is 0 Å². The van der Waals surface area contributed by atoms with E-state index in [1.54, 1.807) is 0 Å². The molecule has 0 spiro atoms. The number of carbonyl (C=O) groups excluding carboxylic acids is 2. The quantitative estimate of drug-likeness (QED) is 0.678. The van der Waals surface area contributed by atoms with E-state index in [2.05, 4.69) is 0 Å². The average Bonchev–Trinajstić information content (AvgIpc) is 2.76. The van der Waals surface area contributed by atoms with E-state index in [1.807, 2.05) is 20.8 Å². The van der Waals surface area contributed by atoms with Crippen molar-refractivity contribution in [2.45, 2.75) is 58.2 Å². The summed E-state index contributed by atoms with van der Waals surface area (Å²) >= 11 is 0. The number of hydrogen-bond donors (Lipinski definition) is 1. The number of carbonyl (C=O) groups is 2. The van der Waals surface area contributed by atoms with Crippen molar-refractivity contribution < 1.29 is 19.4 Å². The molecule has 0 aromatic heterocycles. The monoisotopic (exact) mass is 266 g/mol. The van der Waals surface area contributed by atoms with Crippen molar-refractivity contribution in [3.8, 4) is 0 Å². The molecule has 1 saturated heterocycles. The maximum absolute atomic E-state index is 12.4. The first kappa shape index (κ1) is 13.1. The van der Waals surface area contributed by atoms with Crippen LogP contribution >= 0.6 is 0 Å². The third kappa shape index (κ3) is 1.55. The van der Waals surface area contributed by atoms with Crippen LogP contribution < -0.4 is 0 Å². The van der Waals surface area contributed by atoms with Crippen molar-refractivity contribution in [1.29, 1.82) is 0 Å². The fraction of sp³-hybridized carbons (Fsp3) is 0.867. The average molecular weight is 266 g/mol. The van der Waals surface area contributed by atoms with E-state index in [-0.39, 0.29) is 35.6 Å². The zero-order chi connectivity index (χ0) is 14.0. The second kappa shape index (κ2) is 3.81. The fourth-order valence-electron chi connectivity index (χ4n) is 4.71. The Bertz CT molecular complexity index is 441. The van der Waals surface area contributed by atoms with E-state index in [0.29, 0.717) is 19.3 Å². The number of fused-ring (bicyclic) bond motifs is 3. The van der Waals surface area contributed by atoms with E-state index in [9.17, 15) is 14.7 Å². The van der Waals surface area contributed by atoms with Gasteiger partial charge in [0.1, 0.15) is 11.9 Å². The van der Waals surface area contributed by atoms with Gasteiger partial charge in [0.25, 0.3) is 0 Å². The van der Waals surface area contributed by atoms with Crippen LogP contribution in [0.15, 0.2) is 0 Å². The summed E-state index contributed by atoms with van der Waals surface area (Å²) in [5.74, 6) is -0.228. The minimum Gasteiger partial charge on any atom is -0.461 e. The van der Waals surface area contributed by atoms with Crippen LogP contribution in [0, 0.1) is 23.2 Å². The molecule has 0 bridgehead atoms. The van der Waals surface area contributed by atoms with Crippen LogP contribution in [-0.4, -0.2) is 28.6 Å². The van der Waals surface area contributed by atoms with Crippen LogP contribution in [0.2, 0.25) is 0 Å². The van der Waals surface area contributed by atoms with Crippen molar-refractivity contribution >= 4 is 11.8 Å². The van der Waals surface area contributed by atoms with E-state index in [1.165, 1.54) is 0 Å². The first-order valence-corrected chi connectivity index (χ1v) is 7.24. The lowest BCUT2D eigenvalue weighted by molar-refractivity contribution is -0.157. The molecule has 0 amide bonds. The van der Waals surface area contributed by atoms with Crippen LogP contribution in [0.3, 0.4) is 0 Å². The first-order chi connectivity index (χ1) is 8.78. The Morgan fingerprint density at radius 1 is 1.26 bits per heavy atom. The van der Waals surface area contributed by atoms with Gasteiger partial charge < -0.3 is 9.84 Å². The predicted molar refractivity (Wildman–Crippen MR) is 68.2 cm³/mol. The Hall–Kier alpha value is -0.900. The largest absolute Gasteiger partial charge is 0.461 e. The second-order valence-electron chi connectivity index (χ2n) is 7.00. The Labute approximate surface area is 113 Å². The topological polar surface area (TPSA) is 63.6 Å². The minimum absolute atomic E-state index is 0.0658. The number of hydrogen-bond acceptors (Lipinski definition) is 4. The molecule has 4 heteroatoms. The zero-order valence-electron chi connectivity index (χ0n) is 11.8. The Balaban J connectivity index is 2.08. The molecule has 6 unspecified atom stereocenters. The number of Topliss-reactive ketones (excluding diaryl/α,β-unsaturated/α-hetero) is 1. The van der Waals surface area contributed by atoms with Gasteiger partial charge in [-0.05, 0) is 33.1 Å². The highest BCUT2D eigenvalue weighted by molar-refractivity contribution is 5.89. The molecule has 0 radical (unpaired) electrons. The van der Waals surface area contributed by atoms with Crippen molar-refractivity contribution in [2.24, 2.45) is 23.2 Å². The summed E-state index contributed by atoms with van der Waals surface area (Å²) in [6.07, 6.45) is 2.25. The Morgan fingerprint density at radius 3 is 2.63 bits per heavy atom. The van der Waals surface area contributed by atoms with Gasteiger partial charge in [-0.1, -0.05) is 6.92 Å². The molecule has 4 nitrogen and oxygen atoms in total. The fourth-order valence-corrected chi connectivity index (χ4v) is 4.71. The molecule has 6 atom stereocenters. The summed E-state index contributed by atoms with van der Waals surface area (Å²) < 4.78 is 5.57. The molecule has 19 heavy (non-hydrogen) atoms. The normalized spacial score (nSPS) is 53.5. The highest BCUT2D eigenvalue weighted by Crippen LogP contribution is 2.57. The first-order valence-electron chi connectivity index (χ1n) is 7.24. The van der Waals surface area contributed by atoms with Gasteiger partial charge >= 0.3 is 5.97 Å². The maximum atomic E-state index is 12.4. The number of ketones is 1. The molecular formula is C15H22O4. The molecule has 2 aliphatic carbocycles. The highest BCUT2D eigenvalue weighted by atomic mass is 16.6. The molecule has 1 N–H and O–H groups in total. The summed E-state index contributed by atoms with van der Waals surface area (Å²) in [6, 6.07) is 0. The lowest BCUT2D eigenvalue weighted by Crippen LogP contribution is -2.49. The second-order valence-corrected chi connectivity index (χ2v) is 7.00. The molecule has 1 heterocycles. The Kier molecular flexibility index (Phi) is 2.63. The summed E-state index contributed by atoms with van der Waals surface area (Å²) in [5.41, 5.74) is -1.54. The summed E-state index contributed by atoms with van der Waals surface area (Å²) in [6.45, 7) is 5.61. The van der Waals surface area contributed by atoms with E-state index < -0.39 is 11.0 Å². The molecule has 0 aromatic rings. The maximum Gasteiger partial charge on any atom is 0.309 e. The molecule has 2 saturated carbocycles. The predicted octanol–water partition coefficient (Wildman–Crippen LogP) is 1.69. The Morgan fingerprint density at radius 2 is 1.95 bits per heavy atom. The zero-order valence-corrected chi connectivity index (χ0v) is 11.8. The van der Waals surface area contributed by atoms with Crippen molar-refractivity contribution in [2.75, 3.05) is 0 Å². The number of esters is 1. The molecule has 106 valence electrons. The van der Waals surface area contributed by atoms with E-state index in [4.69, 9.17) is 4.74 Å². The molecule has 3 fully saturated rings. The number of rotatable bonds is 0. The highest BCUT2D eigenvalue weighted by Gasteiger charge is 2.64. The summed E-state index contributed by atoms with van der Waals surface area (Å²) in [7, 11) is 0. The summed E-state index contributed by atoms with van der Waals surface area (Å²) in [5, 5.41) is 10.7. The van der Waals surface area contributed by atoms with Gasteiger partial charge in [0.05, 0.1) is 16.9 Å². The molecule has 3 aliphatic rings. The van der Waals surface area contributed by atoms with E-state index >= 15 is 0 Å². The van der Waals surface area contributed by atoms with Gasteiger partial charge in [0, 0.05) is 18.3 Å². The van der Waals surface area contributed by atoms with Gasteiger partial charge in [-0.15, -0.1) is 0 Å². The molecule has 1 aliphatic heterocycles. The van der Waals surface area contributed by atoms with Gasteiger partial charge in [0.2, 0.25) is 0 Å². The molecule has 0 aromatic carbocycles. The van der Waals surface area contributed by atoms with Gasteiger partial charge in [0.15, 0.2) is 0 Å². The van der Waals surface area contributed by atoms with Crippen molar-refractivity contribution in [3.05, 3.63) is 0 Å². The summed E-state index contributed by atoms with van der Waals surface area (Å²) in [4.78, 5) is 24.3. The van der Waals surface area contributed by atoms with Crippen molar-refractivity contribution in [3.63, 3.8) is 0 Å². The van der Waals surface area contributed by atoms with Crippen LogP contribution in [-0.2, 0) is 14.3 Å². The number of ether oxygens (including phenoxy) is 1. The SMILES string of the molecule is CC1C(=O)OC2C1CCC(C)(O)C1CCC(=O)C21C. The van der Waals surface area contributed by atoms with E-state index in [0.717, 1.165) is 6.42 Å². The molecule has 3 rings (SSSR count). The van der Waals surface area contributed by atoms with Crippen LogP contribution in [0.5, 0.6) is 0 Å². The lowest BCUT2D eigenvalue weighted by Gasteiger charge is -2.40. The third-order valence-electron chi connectivity index (χ3n) is 5.96. The van der Waals surface area contributed by atoms with Crippen molar-refractivity contribution in [1.82, 2.24) is 0 Å². The van der Waals surface area contributed by atoms with Crippen LogP contribution in [0.1, 0.15) is 46.5 Å². The van der Waals surface area contributed by atoms with Crippen LogP contribution in [0.4, 0.5) is 0 Å². The van der Waals surface area contributed by atoms with Crippen LogP contribution in [0.25, 0.3) is 0 Å². The lowest BCUT2D eigenvalue weighted by atomic mass is 9.67. The number of aliphatic hydroxyl groups is 1. The standard InChI is InChI=1S/C15H22O4/c1-8-9-6-7-14(2,18)10-4-5-11(16)15(10,3)12(9)19-13(8)17/h8-10,12,18H,4-7H2,1-3H3. The minimum atomic E-state index is -0.836. The van der Waals surface area contributed by atoms with Gasteiger partial charge in [-0.3, -0.25) is 9.59 Å². The smallest absolute Gasteiger partial charge is 0.309 e. The van der Waals surface area contributed by atoms with Gasteiger partial charge in [-0.2, -0.15) is 0 Å².